The standard InChI is InChI=1S/C20H17N3O3/c1-13-8-9-17-14(10-13)11-16(20(21-17)24-2)19-22-18(26-23-19)12-25-15-6-4-3-5-7-15/h3-11H,12H2,1-2H3. The van der Waals surface area contributed by atoms with Crippen LogP contribution in [0.3, 0.4) is 0 Å². The molecule has 0 aliphatic carbocycles. The van der Waals surface area contributed by atoms with E-state index in [9.17, 15) is 0 Å². The molecule has 6 nitrogen and oxygen atoms in total. The van der Waals surface area contributed by atoms with Gasteiger partial charge in [-0.2, -0.15) is 4.98 Å². The Morgan fingerprint density at radius 1 is 1.00 bits per heavy atom. The van der Waals surface area contributed by atoms with Crippen molar-refractivity contribution in [1.82, 2.24) is 15.1 Å². The van der Waals surface area contributed by atoms with E-state index in [1.807, 2.05) is 55.5 Å². The summed E-state index contributed by atoms with van der Waals surface area (Å²) in [5, 5.41) is 5.04. The molecule has 130 valence electrons. The first-order chi connectivity index (χ1) is 12.7. The van der Waals surface area contributed by atoms with Crippen LogP contribution in [-0.4, -0.2) is 22.2 Å². The summed E-state index contributed by atoms with van der Waals surface area (Å²) < 4.78 is 16.4. The molecule has 0 unspecified atom stereocenters. The maximum absolute atomic E-state index is 5.64. The van der Waals surface area contributed by atoms with Crippen molar-refractivity contribution in [1.29, 1.82) is 0 Å². The van der Waals surface area contributed by atoms with Crippen LogP contribution < -0.4 is 9.47 Å². The third-order valence-corrected chi connectivity index (χ3v) is 3.94. The van der Waals surface area contributed by atoms with Crippen molar-refractivity contribution in [2.45, 2.75) is 13.5 Å². The molecule has 26 heavy (non-hydrogen) atoms. The molecule has 0 fully saturated rings. The number of pyridine rings is 1. The highest BCUT2D eigenvalue weighted by Crippen LogP contribution is 2.30. The summed E-state index contributed by atoms with van der Waals surface area (Å²) in [4.78, 5) is 8.95. The maximum atomic E-state index is 5.64. The van der Waals surface area contributed by atoms with Gasteiger partial charge < -0.3 is 14.0 Å². The summed E-state index contributed by atoms with van der Waals surface area (Å²) in [6.07, 6.45) is 0. The number of fused-ring (bicyclic) bond motifs is 1. The summed E-state index contributed by atoms with van der Waals surface area (Å²) in [6.45, 7) is 2.23. The topological polar surface area (TPSA) is 70.3 Å². The molecule has 0 amide bonds. The molecule has 0 spiro atoms. The molecule has 0 atom stereocenters. The Hall–Kier alpha value is -3.41. The number of aryl methyl sites for hydroxylation is 1. The van der Waals surface area contributed by atoms with E-state index in [0.29, 0.717) is 23.2 Å². The van der Waals surface area contributed by atoms with Crippen LogP contribution in [0.2, 0.25) is 0 Å². The quantitative estimate of drug-likeness (QED) is 0.539. The lowest BCUT2D eigenvalue weighted by molar-refractivity contribution is 0.243. The fourth-order valence-electron chi connectivity index (χ4n) is 2.68. The minimum absolute atomic E-state index is 0.194. The van der Waals surface area contributed by atoms with Gasteiger partial charge in [-0.3, -0.25) is 0 Å². The van der Waals surface area contributed by atoms with Crippen molar-refractivity contribution in [2.75, 3.05) is 7.11 Å². The molecular formula is C20H17N3O3. The Bertz CT molecular complexity index is 1040. The first-order valence-corrected chi connectivity index (χ1v) is 8.19. The van der Waals surface area contributed by atoms with Gasteiger partial charge in [-0.15, -0.1) is 0 Å². The minimum Gasteiger partial charge on any atom is -0.484 e. The van der Waals surface area contributed by atoms with Gasteiger partial charge in [-0.25, -0.2) is 4.98 Å². The van der Waals surface area contributed by atoms with E-state index in [2.05, 4.69) is 21.2 Å². The Labute approximate surface area is 150 Å². The lowest BCUT2D eigenvalue weighted by atomic mass is 10.1. The molecule has 0 bridgehead atoms. The molecule has 0 aliphatic rings. The van der Waals surface area contributed by atoms with E-state index in [1.54, 1.807) is 7.11 Å². The van der Waals surface area contributed by atoms with E-state index in [1.165, 1.54) is 0 Å². The van der Waals surface area contributed by atoms with Gasteiger partial charge in [0.05, 0.1) is 18.2 Å². The number of hydrogen-bond acceptors (Lipinski definition) is 6. The molecule has 0 aliphatic heterocycles. The van der Waals surface area contributed by atoms with Crippen LogP contribution in [-0.2, 0) is 6.61 Å². The summed E-state index contributed by atoms with van der Waals surface area (Å²) in [5.41, 5.74) is 2.69. The molecule has 0 N–H and O–H groups in total. The third kappa shape index (κ3) is 3.21. The molecule has 0 radical (unpaired) electrons. The molecule has 0 saturated carbocycles. The van der Waals surface area contributed by atoms with Crippen LogP contribution in [0.15, 0.2) is 59.1 Å². The SMILES string of the molecule is COc1nc2ccc(C)cc2cc1-c1noc(COc2ccccc2)n1. The van der Waals surface area contributed by atoms with E-state index in [0.717, 1.165) is 22.2 Å². The number of aromatic nitrogens is 3. The lowest BCUT2D eigenvalue weighted by Gasteiger charge is -2.07. The smallest absolute Gasteiger partial charge is 0.264 e. The Kier molecular flexibility index (Phi) is 4.23. The predicted molar refractivity (Wildman–Crippen MR) is 97.1 cm³/mol. The molecular weight excluding hydrogens is 330 g/mol. The maximum Gasteiger partial charge on any atom is 0.264 e. The monoisotopic (exact) mass is 347 g/mol. The number of rotatable bonds is 5. The lowest BCUT2D eigenvalue weighted by Crippen LogP contribution is -1.96. The van der Waals surface area contributed by atoms with E-state index in [-0.39, 0.29) is 6.61 Å². The second kappa shape index (κ2) is 6.84. The summed E-state index contributed by atoms with van der Waals surface area (Å²) in [6, 6.07) is 17.5. The molecule has 0 saturated heterocycles. The number of para-hydroxylation sites is 1. The summed E-state index contributed by atoms with van der Waals surface area (Å²) in [5.74, 6) is 2.00. The Morgan fingerprint density at radius 3 is 2.65 bits per heavy atom. The van der Waals surface area contributed by atoms with Gasteiger partial charge in [0.1, 0.15) is 5.75 Å². The van der Waals surface area contributed by atoms with Crippen LogP contribution >= 0.6 is 0 Å². The van der Waals surface area contributed by atoms with Crippen molar-refractivity contribution in [3.63, 3.8) is 0 Å². The second-order valence-electron chi connectivity index (χ2n) is 5.85. The molecule has 2 heterocycles. The second-order valence-corrected chi connectivity index (χ2v) is 5.85. The molecule has 4 aromatic rings. The normalized spacial score (nSPS) is 10.8. The molecule has 2 aromatic heterocycles. The molecule has 4 rings (SSSR count). The average Bonchev–Trinajstić information content (AvgIpc) is 3.15. The highest BCUT2D eigenvalue weighted by atomic mass is 16.5. The fourth-order valence-corrected chi connectivity index (χ4v) is 2.68. The van der Waals surface area contributed by atoms with Crippen LogP contribution in [0.25, 0.3) is 22.3 Å². The van der Waals surface area contributed by atoms with Gasteiger partial charge in [-0.05, 0) is 37.3 Å². The van der Waals surface area contributed by atoms with Gasteiger partial charge in [0, 0.05) is 5.39 Å². The zero-order valence-electron chi connectivity index (χ0n) is 14.5. The number of benzene rings is 2. The predicted octanol–water partition coefficient (Wildman–Crippen LogP) is 4.18. The third-order valence-electron chi connectivity index (χ3n) is 3.94. The summed E-state index contributed by atoms with van der Waals surface area (Å²) >= 11 is 0. The van der Waals surface area contributed by atoms with Crippen LogP contribution in [0.1, 0.15) is 11.5 Å². The van der Waals surface area contributed by atoms with Crippen molar-refractivity contribution >= 4 is 10.9 Å². The van der Waals surface area contributed by atoms with Crippen molar-refractivity contribution in [3.8, 4) is 23.0 Å². The zero-order chi connectivity index (χ0) is 17.9. The fraction of sp³-hybridized carbons (Fsp3) is 0.150. The zero-order valence-corrected chi connectivity index (χ0v) is 14.5. The first-order valence-electron chi connectivity index (χ1n) is 8.19. The number of methoxy groups -OCH3 is 1. The van der Waals surface area contributed by atoms with Gasteiger partial charge in [-0.1, -0.05) is 35.0 Å². The van der Waals surface area contributed by atoms with Crippen molar-refractivity contribution in [3.05, 3.63) is 66.1 Å². The summed E-state index contributed by atoms with van der Waals surface area (Å²) in [7, 11) is 1.57. The van der Waals surface area contributed by atoms with Crippen LogP contribution in [0.5, 0.6) is 11.6 Å². The van der Waals surface area contributed by atoms with Gasteiger partial charge in [0.2, 0.25) is 11.7 Å². The van der Waals surface area contributed by atoms with E-state index in [4.69, 9.17) is 14.0 Å². The van der Waals surface area contributed by atoms with Crippen molar-refractivity contribution < 1.29 is 14.0 Å². The first kappa shape index (κ1) is 16.1. The highest BCUT2D eigenvalue weighted by molar-refractivity contribution is 5.85. The van der Waals surface area contributed by atoms with Gasteiger partial charge >= 0.3 is 0 Å². The average molecular weight is 347 g/mol. The highest BCUT2D eigenvalue weighted by Gasteiger charge is 2.16. The van der Waals surface area contributed by atoms with Crippen LogP contribution in [0, 0.1) is 6.92 Å². The van der Waals surface area contributed by atoms with E-state index < -0.39 is 0 Å². The largest absolute Gasteiger partial charge is 0.484 e. The van der Waals surface area contributed by atoms with Gasteiger partial charge in [0.25, 0.3) is 5.89 Å². The van der Waals surface area contributed by atoms with E-state index >= 15 is 0 Å². The van der Waals surface area contributed by atoms with Gasteiger partial charge in [0.15, 0.2) is 6.61 Å². The Morgan fingerprint density at radius 2 is 1.85 bits per heavy atom. The number of nitrogens with zero attached hydrogens (tertiary/aromatic N) is 3. The number of hydrogen-bond donors (Lipinski definition) is 0. The molecule has 2 aromatic carbocycles. The Balaban J connectivity index is 1.64. The van der Waals surface area contributed by atoms with Crippen molar-refractivity contribution in [2.24, 2.45) is 0 Å². The number of ether oxygens (including phenoxy) is 2. The van der Waals surface area contributed by atoms with Crippen LogP contribution in [0.4, 0.5) is 0 Å². The minimum atomic E-state index is 0.194. The molecule has 6 heteroatoms.